The summed E-state index contributed by atoms with van der Waals surface area (Å²) in [7, 11) is 0. The fourth-order valence-corrected chi connectivity index (χ4v) is 1.73. The van der Waals surface area contributed by atoms with Crippen molar-refractivity contribution in [3.8, 4) is 6.19 Å². The van der Waals surface area contributed by atoms with Crippen LogP contribution in [0.4, 0.5) is 0 Å². The highest BCUT2D eigenvalue weighted by molar-refractivity contribution is 5.94. The third kappa shape index (κ3) is 6.45. The number of pyridine rings is 1. The number of nitrogens with zero attached hydrogens (tertiary/aromatic N) is 3. The normalized spacial score (nSPS) is 11.7. The van der Waals surface area contributed by atoms with E-state index in [1.807, 2.05) is 27.0 Å². The summed E-state index contributed by atoms with van der Waals surface area (Å²) in [4.78, 5) is 20.5. The zero-order valence-electron chi connectivity index (χ0n) is 13.8. The molecule has 0 fully saturated rings. The summed E-state index contributed by atoms with van der Waals surface area (Å²) in [5.41, 5.74) is 0.864. The minimum Gasteiger partial charge on any atom is -0.395 e. The number of aromatic nitrogens is 1. The van der Waals surface area contributed by atoms with Gasteiger partial charge in [0.05, 0.1) is 17.7 Å². The molecule has 3 N–H and O–H groups in total. The van der Waals surface area contributed by atoms with Crippen molar-refractivity contribution in [3.63, 3.8) is 0 Å². The van der Waals surface area contributed by atoms with E-state index in [4.69, 9.17) is 10.4 Å². The molecule has 0 saturated heterocycles. The molecule has 1 amide bonds. The van der Waals surface area contributed by atoms with Crippen molar-refractivity contribution in [2.45, 2.75) is 39.2 Å². The molecule has 0 unspecified atom stereocenters. The molecule has 0 atom stereocenters. The van der Waals surface area contributed by atoms with Gasteiger partial charge in [0, 0.05) is 24.9 Å². The molecule has 7 heteroatoms. The van der Waals surface area contributed by atoms with Crippen molar-refractivity contribution in [2.75, 3.05) is 13.2 Å². The molecule has 23 heavy (non-hydrogen) atoms. The number of nitriles is 1. The Morgan fingerprint density at radius 3 is 2.74 bits per heavy atom. The van der Waals surface area contributed by atoms with Crippen molar-refractivity contribution >= 4 is 11.7 Å². The predicted molar refractivity (Wildman–Crippen MR) is 87.9 cm³/mol. The first-order valence-corrected chi connectivity index (χ1v) is 7.49. The van der Waals surface area contributed by atoms with Gasteiger partial charge in [0.15, 0.2) is 6.19 Å². The number of hydrogen-bond donors (Lipinski definition) is 3. The van der Waals surface area contributed by atoms with E-state index in [-0.39, 0.29) is 24.6 Å². The second-order valence-electron chi connectivity index (χ2n) is 5.66. The van der Waals surface area contributed by atoms with E-state index < -0.39 is 0 Å². The number of hydrogen-bond acceptors (Lipinski definition) is 5. The number of amides is 1. The highest BCUT2D eigenvalue weighted by atomic mass is 16.3. The molecule has 0 spiro atoms. The van der Waals surface area contributed by atoms with E-state index in [0.717, 1.165) is 6.42 Å². The maximum atomic E-state index is 11.7. The summed E-state index contributed by atoms with van der Waals surface area (Å²) in [5, 5.41) is 22.7. The highest BCUT2D eigenvalue weighted by Gasteiger charge is 2.15. The van der Waals surface area contributed by atoms with Gasteiger partial charge in [-0.15, -0.1) is 0 Å². The van der Waals surface area contributed by atoms with Crippen LogP contribution in [0.2, 0.25) is 0 Å². The molecule has 1 aromatic heterocycles. The summed E-state index contributed by atoms with van der Waals surface area (Å²) in [6.45, 7) is 6.12. The quantitative estimate of drug-likeness (QED) is 0.301. The number of rotatable bonds is 7. The van der Waals surface area contributed by atoms with E-state index in [1.54, 1.807) is 12.1 Å². The molecule has 1 heterocycles. The average molecular weight is 317 g/mol. The first-order chi connectivity index (χ1) is 10.9. The number of carbonyl (C=O) groups excluding carboxylic acids is 1. The molecule has 0 aromatic carbocycles. The molecule has 124 valence electrons. The summed E-state index contributed by atoms with van der Waals surface area (Å²) in [6.07, 6.45) is 4.59. The van der Waals surface area contributed by atoms with Crippen molar-refractivity contribution in [3.05, 3.63) is 29.6 Å². The third-order valence-electron chi connectivity index (χ3n) is 3.34. The lowest BCUT2D eigenvalue weighted by molar-refractivity contribution is 0.0944. The zero-order valence-corrected chi connectivity index (χ0v) is 13.8. The minimum atomic E-state index is -0.283. The Labute approximate surface area is 136 Å². The lowest BCUT2D eigenvalue weighted by Crippen LogP contribution is -2.28. The average Bonchev–Trinajstić information content (AvgIpc) is 2.53. The summed E-state index contributed by atoms with van der Waals surface area (Å²) in [6, 6.07) is 3.38. The zero-order chi connectivity index (χ0) is 17.3. The second kappa shape index (κ2) is 8.86. The number of aliphatic imine (C=N–C) groups is 1. The van der Waals surface area contributed by atoms with Crippen molar-refractivity contribution in [1.82, 2.24) is 15.6 Å². The molecule has 0 radical (unpaired) electrons. The number of aliphatic hydroxyl groups excluding tert-OH is 1. The molecule has 0 aliphatic carbocycles. The number of nitrogens with one attached hydrogen (secondary N) is 2. The molecular formula is C16H23N5O2. The van der Waals surface area contributed by atoms with Gasteiger partial charge in [0.25, 0.3) is 5.91 Å². The minimum absolute atomic E-state index is 0.107. The predicted octanol–water partition coefficient (Wildman–Crippen LogP) is 1.00. The molecule has 1 rings (SSSR count). The Hall–Kier alpha value is -2.46. The van der Waals surface area contributed by atoms with E-state index in [0.29, 0.717) is 23.5 Å². The topological polar surface area (TPSA) is 110 Å². The fraction of sp³-hybridized carbons (Fsp3) is 0.500. The third-order valence-corrected chi connectivity index (χ3v) is 3.34. The maximum Gasteiger partial charge on any atom is 0.252 e. The van der Waals surface area contributed by atoms with E-state index in [9.17, 15) is 4.79 Å². The van der Waals surface area contributed by atoms with Crippen LogP contribution >= 0.6 is 0 Å². The molecular weight excluding hydrogens is 294 g/mol. The van der Waals surface area contributed by atoms with Crippen LogP contribution in [0.25, 0.3) is 0 Å². The van der Waals surface area contributed by atoms with Gasteiger partial charge in [-0.1, -0.05) is 6.92 Å². The molecule has 7 nitrogen and oxygen atoms in total. The van der Waals surface area contributed by atoms with Crippen molar-refractivity contribution in [1.29, 1.82) is 5.26 Å². The Balaban J connectivity index is 2.83. The standard InChI is InChI=1S/C16H23N5O2/c1-4-16(2,3)21-14(20-11-17)9-13-6-5-12(10-19-13)15(23)18-7-8-22/h5-6,10,22H,4,7-9H2,1-3H3,(H,18,23)(H,20,21). The molecule has 0 aliphatic rings. The fourth-order valence-electron chi connectivity index (χ4n) is 1.73. The lowest BCUT2D eigenvalue weighted by atomic mass is 10.0. The summed E-state index contributed by atoms with van der Waals surface area (Å²) < 4.78 is 0. The SMILES string of the molecule is CCC(C)(C)N=C(Cc1ccc(C(=O)NCCO)cn1)NC#N. The Morgan fingerprint density at radius 2 is 2.22 bits per heavy atom. The summed E-state index contributed by atoms with van der Waals surface area (Å²) >= 11 is 0. The largest absolute Gasteiger partial charge is 0.395 e. The van der Waals surface area contributed by atoms with Crippen LogP contribution in [-0.4, -0.2) is 40.5 Å². The van der Waals surface area contributed by atoms with E-state index in [2.05, 4.69) is 20.6 Å². The molecule has 0 saturated carbocycles. The van der Waals surface area contributed by atoms with Gasteiger partial charge in [-0.2, -0.15) is 5.26 Å². The summed E-state index contributed by atoms with van der Waals surface area (Å²) in [5.74, 6) is 0.263. The van der Waals surface area contributed by atoms with Gasteiger partial charge in [-0.05, 0) is 32.4 Å². The highest BCUT2D eigenvalue weighted by Crippen LogP contribution is 2.14. The van der Waals surface area contributed by atoms with Gasteiger partial charge < -0.3 is 10.4 Å². The molecule has 0 bridgehead atoms. The van der Waals surface area contributed by atoms with Gasteiger partial charge in [-0.3, -0.25) is 20.1 Å². The van der Waals surface area contributed by atoms with Gasteiger partial charge in [-0.25, -0.2) is 0 Å². The first-order valence-electron chi connectivity index (χ1n) is 7.49. The Bertz CT molecular complexity index is 587. The van der Waals surface area contributed by atoms with Crippen molar-refractivity contribution in [2.24, 2.45) is 4.99 Å². The van der Waals surface area contributed by atoms with Crippen LogP contribution in [0.3, 0.4) is 0 Å². The number of carbonyl (C=O) groups is 1. The van der Waals surface area contributed by atoms with Crippen LogP contribution in [0.15, 0.2) is 23.3 Å². The maximum absolute atomic E-state index is 11.7. The van der Waals surface area contributed by atoms with Crippen LogP contribution in [0.1, 0.15) is 43.2 Å². The monoisotopic (exact) mass is 317 g/mol. The number of amidine groups is 1. The number of aliphatic hydroxyl groups is 1. The Kier molecular flexibility index (Phi) is 7.16. The lowest BCUT2D eigenvalue weighted by Gasteiger charge is -2.18. The van der Waals surface area contributed by atoms with E-state index in [1.165, 1.54) is 6.20 Å². The van der Waals surface area contributed by atoms with Crippen LogP contribution in [-0.2, 0) is 6.42 Å². The van der Waals surface area contributed by atoms with Gasteiger partial charge in [0.2, 0.25) is 0 Å². The van der Waals surface area contributed by atoms with Gasteiger partial charge >= 0.3 is 0 Å². The van der Waals surface area contributed by atoms with Crippen molar-refractivity contribution < 1.29 is 9.90 Å². The van der Waals surface area contributed by atoms with Gasteiger partial charge in [0.1, 0.15) is 5.84 Å². The van der Waals surface area contributed by atoms with E-state index >= 15 is 0 Å². The molecule has 0 aliphatic heterocycles. The first kappa shape index (κ1) is 18.6. The molecule has 1 aromatic rings. The smallest absolute Gasteiger partial charge is 0.252 e. The van der Waals surface area contributed by atoms with Crippen LogP contribution in [0.5, 0.6) is 0 Å². The van der Waals surface area contributed by atoms with Crippen LogP contribution < -0.4 is 10.6 Å². The Morgan fingerprint density at radius 1 is 1.48 bits per heavy atom. The second-order valence-corrected chi connectivity index (χ2v) is 5.66. The van der Waals surface area contributed by atoms with Crippen LogP contribution in [0, 0.1) is 11.5 Å².